The van der Waals surface area contributed by atoms with E-state index < -0.39 is 0 Å². The fourth-order valence-electron chi connectivity index (χ4n) is 3.34. The summed E-state index contributed by atoms with van der Waals surface area (Å²) in [5.74, 6) is 1.40. The van der Waals surface area contributed by atoms with E-state index in [1.165, 1.54) is 11.1 Å². The molecule has 0 aromatic heterocycles. The first-order valence-electron chi connectivity index (χ1n) is 8.41. The van der Waals surface area contributed by atoms with Gasteiger partial charge in [0.1, 0.15) is 5.75 Å². The van der Waals surface area contributed by atoms with Gasteiger partial charge in [-0.05, 0) is 25.5 Å². The van der Waals surface area contributed by atoms with Crippen LogP contribution in [0.1, 0.15) is 30.9 Å². The van der Waals surface area contributed by atoms with Crippen LogP contribution in [0.5, 0.6) is 5.75 Å². The van der Waals surface area contributed by atoms with Crippen molar-refractivity contribution in [3.63, 3.8) is 0 Å². The van der Waals surface area contributed by atoms with Crippen molar-refractivity contribution >= 4 is 12.4 Å². The summed E-state index contributed by atoms with van der Waals surface area (Å²) in [5.41, 5.74) is 8.98. The summed E-state index contributed by atoms with van der Waals surface area (Å²) in [5, 5.41) is 0. The SMILES string of the molecule is CC(C)Oc1ccccc1CN1C[C@@H](N)[C@H](c2ccccc2)C1.Cl. The highest BCUT2D eigenvalue weighted by molar-refractivity contribution is 5.85. The highest BCUT2D eigenvalue weighted by Gasteiger charge is 2.31. The maximum atomic E-state index is 6.40. The van der Waals surface area contributed by atoms with E-state index in [4.69, 9.17) is 10.5 Å². The van der Waals surface area contributed by atoms with E-state index in [0.29, 0.717) is 5.92 Å². The average molecular weight is 347 g/mol. The molecule has 0 unspecified atom stereocenters. The molecule has 1 saturated heterocycles. The van der Waals surface area contributed by atoms with E-state index >= 15 is 0 Å². The Bertz CT molecular complexity index is 633. The predicted molar refractivity (Wildman–Crippen MR) is 102 cm³/mol. The fraction of sp³-hybridized carbons (Fsp3) is 0.400. The van der Waals surface area contributed by atoms with Crippen LogP contribution in [0.2, 0.25) is 0 Å². The van der Waals surface area contributed by atoms with Crippen molar-refractivity contribution in [2.45, 2.75) is 38.5 Å². The molecule has 1 heterocycles. The van der Waals surface area contributed by atoms with Gasteiger partial charge in [0.25, 0.3) is 0 Å². The second-order valence-corrected chi connectivity index (χ2v) is 6.65. The molecule has 0 radical (unpaired) electrons. The zero-order valence-electron chi connectivity index (χ0n) is 14.4. The van der Waals surface area contributed by atoms with Crippen molar-refractivity contribution in [2.75, 3.05) is 13.1 Å². The molecule has 2 aromatic carbocycles. The Morgan fingerprint density at radius 3 is 2.42 bits per heavy atom. The van der Waals surface area contributed by atoms with Crippen molar-refractivity contribution in [3.8, 4) is 5.75 Å². The number of hydrogen-bond donors (Lipinski definition) is 1. The summed E-state index contributed by atoms with van der Waals surface area (Å²) in [6, 6.07) is 19.1. The first-order chi connectivity index (χ1) is 11.1. The van der Waals surface area contributed by atoms with Crippen molar-refractivity contribution in [3.05, 3.63) is 65.7 Å². The lowest BCUT2D eigenvalue weighted by atomic mass is 9.95. The van der Waals surface area contributed by atoms with Gasteiger partial charge in [0.05, 0.1) is 6.10 Å². The van der Waals surface area contributed by atoms with E-state index in [0.717, 1.165) is 25.4 Å². The lowest BCUT2D eigenvalue weighted by molar-refractivity contribution is 0.233. The number of benzene rings is 2. The minimum absolute atomic E-state index is 0. The first-order valence-corrected chi connectivity index (χ1v) is 8.41. The molecule has 3 rings (SSSR count). The molecule has 0 aliphatic carbocycles. The van der Waals surface area contributed by atoms with Gasteiger partial charge in [-0.1, -0.05) is 48.5 Å². The predicted octanol–water partition coefficient (Wildman–Crippen LogP) is 3.82. The largest absolute Gasteiger partial charge is 0.491 e. The van der Waals surface area contributed by atoms with Crippen LogP contribution in [0.4, 0.5) is 0 Å². The summed E-state index contributed by atoms with van der Waals surface area (Å²) in [4.78, 5) is 2.44. The second-order valence-electron chi connectivity index (χ2n) is 6.65. The summed E-state index contributed by atoms with van der Waals surface area (Å²) < 4.78 is 5.94. The zero-order chi connectivity index (χ0) is 16.2. The summed E-state index contributed by atoms with van der Waals surface area (Å²) in [6.07, 6.45) is 0.189. The Kier molecular flexibility index (Phi) is 6.67. The van der Waals surface area contributed by atoms with Crippen LogP contribution in [-0.2, 0) is 6.54 Å². The van der Waals surface area contributed by atoms with E-state index in [9.17, 15) is 0 Å². The van der Waals surface area contributed by atoms with E-state index in [1.54, 1.807) is 0 Å². The quantitative estimate of drug-likeness (QED) is 0.894. The topological polar surface area (TPSA) is 38.5 Å². The van der Waals surface area contributed by atoms with Gasteiger partial charge < -0.3 is 10.5 Å². The fourth-order valence-corrected chi connectivity index (χ4v) is 3.34. The third kappa shape index (κ3) is 4.50. The minimum atomic E-state index is 0. The van der Waals surface area contributed by atoms with Gasteiger partial charge in [-0.2, -0.15) is 0 Å². The number of rotatable bonds is 5. The molecule has 130 valence electrons. The third-order valence-corrected chi connectivity index (χ3v) is 4.40. The van der Waals surface area contributed by atoms with Crippen molar-refractivity contribution in [1.82, 2.24) is 4.90 Å². The molecule has 1 aliphatic rings. The van der Waals surface area contributed by atoms with E-state index in [1.807, 2.05) is 6.07 Å². The van der Waals surface area contributed by atoms with Crippen molar-refractivity contribution in [2.24, 2.45) is 5.73 Å². The normalized spacial score (nSPS) is 20.8. The Morgan fingerprint density at radius 1 is 1.04 bits per heavy atom. The monoisotopic (exact) mass is 346 g/mol. The lowest BCUT2D eigenvalue weighted by Gasteiger charge is -2.19. The smallest absolute Gasteiger partial charge is 0.124 e. The van der Waals surface area contributed by atoms with Gasteiger partial charge in [0.2, 0.25) is 0 Å². The van der Waals surface area contributed by atoms with Gasteiger partial charge >= 0.3 is 0 Å². The highest BCUT2D eigenvalue weighted by atomic mass is 35.5. The van der Waals surface area contributed by atoms with Gasteiger partial charge in [-0.3, -0.25) is 4.90 Å². The summed E-state index contributed by atoms with van der Waals surface area (Å²) in [6.45, 7) is 6.94. The van der Waals surface area contributed by atoms with Crippen LogP contribution in [-0.4, -0.2) is 30.1 Å². The number of nitrogens with zero attached hydrogens (tertiary/aromatic N) is 1. The number of likely N-dealkylation sites (tertiary alicyclic amines) is 1. The maximum absolute atomic E-state index is 6.40. The van der Waals surface area contributed by atoms with Gasteiger partial charge in [0.15, 0.2) is 0 Å². The molecule has 1 fully saturated rings. The van der Waals surface area contributed by atoms with Crippen molar-refractivity contribution < 1.29 is 4.74 Å². The van der Waals surface area contributed by atoms with Crippen LogP contribution in [0.25, 0.3) is 0 Å². The molecule has 0 spiro atoms. The van der Waals surface area contributed by atoms with Gasteiger partial charge in [0, 0.05) is 37.2 Å². The Morgan fingerprint density at radius 2 is 1.71 bits per heavy atom. The molecule has 3 nitrogen and oxygen atoms in total. The van der Waals surface area contributed by atoms with E-state index in [2.05, 4.69) is 67.3 Å². The molecule has 0 saturated carbocycles. The average Bonchev–Trinajstić information content (AvgIpc) is 2.90. The third-order valence-electron chi connectivity index (χ3n) is 4.40. The number of para-hydroxylation sites is 1. The number of halogens is 1. The van der Waals surface area contributed by atoms with Gasteiger partial charge in [-0.15, -0.1) is 12.4 Å². The summed E-state index contributed by atoms with van der Waals surface area (Å²) >= 11 is 0. The molecular formula is C20H27ClN2O. The maximum Gasteiger partial charge on any atom is 0.124 e. The molecular weight excluding hydrogens is 320 g/mol. The Hall–Kier alpha value is -1.55. The second kappa shape index (κ2) is 8.52. The van der Waals surface area contributed by atoms with Crippen LogP contribution in [0, 0.1) is 0 Å². The zero-order valence-corrected chi connectivity index (χ0v) is 15.2. The lowest BCUT2D eigenvalue weighted by Crippen LogP contribution is -2.28. The standard InChI is InChI=1S/C20H26N2O.ClH/c1-15(2)23-20-11-7-6-10-17(20)12-22-13-18(19(21)14-22)16-8-4-3-5-9-16;/h3-11,15,18-19H,12-14,21H2,1-2H3;1H/t18-,19+;/m0./s1. The molecule has 0 amide bonds. The Labute approximate surface area is 151 Å². The van der Waals surface area contributed by atoms with Crippen LogP contribution < -0.4 is 10.5 Å². The highest BCUT2D eigenvalue weighted by Crippen LogP contribution is 2.29. The molecule has 2 N–H and O–H groups in total. The molecule has 2 atom stereocenters. The molecule has 0 bridgehead atoms. The molecule has 4 heteroatoms. The van der Waals surface area contributed by atoms with Crippen LogP contribution in [0.3, 0.4) is 0 Å². The summed E-state index contributed by atoms with van der Waals surface area (Å²) in [7, 11) is 0. The minimum Gasteiger partial charge on any atom is -0.491 e. The van der Waals surface area contributed by atoms with Crippen LogP contribution in [0.15, 0.2) is 54.6 Å². The van der Waals surface area contributed by atoms with E-state index in [-0.39, 0.29) is 24.6 Å². The first kappa shape index (κ1) is 18.8. The van der Waals surface area contributed by atoms with Gasteiger partial charge in [-0.25, -0.2) is 0 Å². The number of nitrogens with two attached hydrogens (primary N) is 1. The molecule has 24 heavy (non-hydrogen) atoms. The molecule has 2 aromatic rings. The molecule has 1 aliphatic heterocycles. The van der Waals surface area contributed by atoms with Crippen molar-refractivity contribution in [1.29, 1.82) is 0 Å². The number of ether oxygens (including phenoxy) is 1. The van der Waals surface area contributed by atoms with Crippen LogP contribution >= 0.6 is 12.4 Å². The Balaban J connectivity index is 0.00000208. The number of hydrogen-bond acceptors (Lipinski definition) is 3.